The van der Waals surface area contributed by atoms with Gasteiger partial charge in [0, 0.05) is 27.6 Å². The van der Waals surface area contributed by atoms with Gasteiger partial charge in [-0.05, 0) is 72.5 Å². The van der Waals surface area contributed by atoms with Crippen LogP contribution in [-0.2, 0) is 5.54 Å². The van der Waals surface area contributed by atoms with Crippen molar-refractivity contribution in [2.24, 2.45) is 0 Å². The van der Waals surface area contributed by atoms with E-state index in [4.69, 9.17) is 0 Å². The summed E-state index contributed by atoms with van der Waals surface area (Å²) in [5.74, 6) is -0.694. The van der Waals surface area contributed by atoms with Crippen LogP contribution in [0.2, 0.25) is 0 Å². The lowest BCUT2D eigenvalue weighted by molar-refractivity contribution is 0.0910. The third-order valence-corrected chi connectivity index (χ3v) is 7.85. The molecule has 0 aliphatic heterocycles. The number of rotatable bonds is 6. The van der Waals surface area contributed by atoms with Crippen LogP contribution in [0.3, 0.4) is 0 Å². The Balaban J connectivity index is 1.52. The molecule has 0 radical (unpaired) electrons. The number of hydrogen-bond acceptors (Lipinski definition) is 3. The van der Waals surface area contributed by atoms with Gasteiger partial charge < -0.3 is 10.6 Å². The molecule has 0 spiro atoms. The SMILES string of the molecule is CNC(=O)c1c(-c2ccc(F)cc2)sc2ccc(-c3cccc(C(=O)NC(C)(C)c4ccccc4)c3)cc12. The van der Waals surface area contributed by atoms with Gasteiger partial charge in [0.2, 0.25) is 0 Å². The molecule has 5 rings (SSSR count). The number of benzene rings is 4. The second-order valence-electron chi connectivity index (χ2n) is 9.63. The Hall–Kier alpha value is -4.29. The molecule has 38 heavy (non-hydrogen) atoms. The lowest BCUT2D eigenvalue weighted by Crippen LogP contribution is -2.40. The number of halogens is 1. The van der Waals surface area contributed by atoms with Crippen molar-refractivity contribution in [3.63, 3.8) is 0 Å². The van der Waals surface area contributed by atoms with Crippen molar-refractivity contribution in [1.29, 1.82) is 0 Å². The summed E-state index contributed by atoms with van der Waals surface area (Å²) in [6, 6.07) is 29.5. The number of amides is 2. The monoisotopic (exact) mass is 522 g/mol. The molecule has 0 atom stereocenters. The van der Waals surface area contributed by atoms with Crippen LogP contribution in [0.25, 0.3) is 31.7 Å². The highest BCUT2D eigenvalue weighted by molar-refractivity contribution is 7.22. The van der Waals surface area contributed by atoms with Gasteiger partial charge in [-0.3, -0.25) is 9.59 Å². The fraction of sp³-hybridized carbons (Fsp3) is 0.125. The third-order valence-electron chi connectivity index (χ3n) is 6.63. The van der Waals surface area contributed by atoms with Crippen molar-refractivity contribution < 1.29 is 14.0 Å². The second-order valence-corrected chi connectivity index (χ2v) is 10.7. The average molecular weight is 523 g/mol. The summed E-state index contributed by atoms with van der Waals surface area (Å²) < 4.78 is 14.5. The Bertz CT molecular complexity index is 1640. The van der Waals surface area contributed by atoms with Gasteiger partial charge in [-0.15, -0.1) is 11.3 Å². The van der Waals surface area contributed by atoms with Crippen LogP contribution in [0, 0.1) is 5.82 Å². The molecular formula is C32H27FN2O2S. The highest BCUT2D eigenvalue weighted by atomic mass is 32.1. The molecule has 4 nitrogen and oxygen atoms in total. The van der Waals surface area contributed by atoms with Gasteiger partial charge in [-0.1, -0.05) is 60.7 Å². The van der Waals surface area contributed by atoms with Gasteiger partial charge in [0.25, 0.3) is 11.8 Å². The fourth-order valence-electron chi connectivity index (χ4n) is 4.56. The summed E-state index contributed by atoms with van der Waals surface area (Å²) in [7, 11) is 1.60. The Morgan fingerprint density at radius 3 is 2.16 bits per heavy atom. The highest BCUT2D eigenvalue weighted by Crippen LogP contribution is 2.40. The molecule has 190 valence electrons. The first-order valence-corrected chi connectivity index (χ1v) is 13.1. The molecule has 1 heterocycles. The van der Waals surface area contributed by atoms with Crippen molar-refractivity contribution in [1.82, 2.24) is 10.6 Å². The van der Waals surface area contributed by atoms with Gasteiger partial charge in [0.05, 0.1) is 11.1 Å². The zero-order valence-corrected chi connectivity index (χ0v) is 22.2. The maximum Gasteiger partial charge on any atom is 0.253 e. The quantitative estimate of drug-likeness (QED) is 0.244. The van der Waals surface area contributed by atoms with E-state index in [0.29, 0.717) is 11.1 Å². The van der Waals surface area contributed by atoms with Crippen LogP contribution in [0.1, 0.15) is 40.1 Å². The maximum atomic E-state index is 13.5. The molecule has 2 amide bonds. The van der Waals surface area contributed by atoms with Gasteiger partial charge in [0.15, 0.2) is 0 Å². The fourth-order valence-corrected chi connectivity index (χ4v) is 5.74. The Morgan fingerprint density at radius 2 is 1.45 bits per heavy atom. The first-order chi connectivity index (χ1) is 18.3. The summed E-state index contributed by atoms with van der Waals surface area (Å²) in [4.78, 5) is 27.0. The van der Waals surface area contributed by atoms with E-state index in [9.17, 15) is 14.0 Å². The van der Waals surface area contributed by atoms with Crippen LogP contribution >= 0.6 is 11.3 Å². The van der Waals surface area contributed by atoms with E-state index in [1.54, 1.807) is 25.2 Å². The number of fused-ring (bicyclic) bond motifs is 1. The molecule has 5 aromatic rings. The van der Waals surface area contributed by atoms with Crippen LogP contribution in [0.4, 0.5) is 4.39 Å². The molecular weight excluding hydrogens is 495 g/mol. The van der Waals surface area contributed by atoms with E-state index in [-0.39, 0.29) is 17.6 Å². The first kappa shape index (κ1) is 25.4. The van der Waals surface area contributed by atoms with Crippen molar-refractivity contribution in [3.05, 3.63) is 120 Å². The number of nitrogens with one attached hydrogen (secondary N) is 2. The number of thiophene rings is 1. The van der Waals surface area contributed by atoms with Crippen LogP contribution in [-0.4, -0.2) is 18.9 Å². The van der Waals surface area contributed by atoms with Crippen molar-refractivity contribution in [2.75, 3.05) is 7.05 Å². The Morgan fingerprint density at radius 1 is 0.763 bits per heavy atom. The normalized spacial score (nSPS) is 11.4. The predicted octanol–water partition coefficient (Wildman–Crippen LogP) is 7.40. The summed E-state index contributed by atoms with van der Waals surface area (Å²) in [5, 5.41) is 6.69. The van der Waals surface area contributed by atoms with Crippen molar-refractivity contribution >= 4 is 33.2 Å². The molecule has 0 bridgehead atoms. The minimum absolute atomic E-state index is 0.165. The largest absolute Gasteiger partial charge is 0.355 e. The van der Waals surface area contributed by atoms with Gasteiger partial charge in [-0.25, -0.2) is 4.39 Å². The van der Waals surface area contributed by atoms with Crippen LogP contribution in [0.5, 0.6) is 0 Å². The molecule has 4 aromatic carbocycles. The molecule has 0 unspecified atom stereocenters. The van der Waals surface area contributed by atoms with E-state index >= 15 is 0 Å². The standard InChI is InChI=1S/C32H27FN2O2S/c1-32(2,24-10-5-4-6-11-24)35-30(36)23-9-7-8-21(18-23)22-14-17-27-26(19-22)28(31(37)34-3)29(38-27)20-12-15-25(33)16-13-20/h4-19H,1-3H3,(H,34,37)(H,35,36). The van der Waals surface area contributed by atoms with Gasteiger partial charge in [-0.2, -0.15) is 0 Å². The topological polar surface area (TPSA) is 58.2 Å². The second kappa shape index (κ2) is 10.2. The maximum absolute atomic E-state index is 13.5. The average Bonchev–Trinajstić information content (AvgIpc) is 3.32. The van der Waals surface area contributed by atoms with Crippen LogP contribution < -0.4 is 10.6 Å². The number of hydrogen-bond donors (Lipinski definition) is 2. The lowest BCUT2D eigenvalue weighted by atomic mass is 9.93. The summed E-state index contributed by atoms with van der Waals surface area (Å²) in [6.07, 6.45) is 0. The van der Waals surface area contributed by atoms with Crippen molar-refractivity contribution in [3.8, 4) is 21.6 Å². The van der Waals surface area contributed by atoms with E-state index in [1.807, 2.05) is 80.6 Å². The summed E-state index contributed by atoms with van der Waals surface area (Å²) in [6.45, 7) is 3.96. The Kier molecular flexibility index (Phi) is 6.83. The molecule has 1 aromatic heterocycles. The number of carbonyl (C=O) groups is 2. The van der Waals surface area contributed by atoms with E-state index < -0.39 is 5.54 Å². The summed E-state index contributed by atoms with van der Waals surface area (Å²) >= 11 is 1.50. The minimum atomic E-state index is -0.539. The van der Waals surface area contributed by atoms with Crippen molar-refractivity contribution in [2.45, 2.75) is 19.4 Å². The molecule has 0 aliphatic rings. The van der Waals surface area contributed by atoms with E-state index in [0.717, 1.165) is 37.2 Å². The minimum Gasteiger partial charge on any atom is -0.355 e. The Labute approximate surface area is 225 Å². The highest BCUT2D eigenvalue weighted by Gasteiger charge is 2.24. The number of carbonyl (C=O) groups excluding carboxylic acids is 2. The molecule has 2 N–H and O–H groups in total. The molecule has 0 saturated heterocycles. The summed E-state index contributed by atoms with van der Waals surface area (Å²) in [5.41, 5.74) is 4.13. The van der Waals surface area contributed by atoms with Gasteiger partial charge >= 0.3 is 0 Å². The molecule has 0 saturated carbocycles. The first-order valence-electron chi connectivity index (χ1n) is 12.3. The molecule has 6 heteroatoms. The molecule has 0 aliphatic carbocycles. The van der Waals surface area contributed by atoms with Crippen LogP contribution in [0.15, 0.2) is 97.1 Å². The zero-order chi connectivity index (χ0) is 26.9. The van der Waals surface area contributed by atoms with E-state index in [2.05, 4.69) is 10.6 Å². The zero-order valence-electron chi connectivity index (χ0n) is 21.3. The predicted molar refractivity (Wildman–Crippen MR) is 153 cm³/mol. The smallest absolute Gasteiger partial charge is 0.253 e. The third kappa shape index (κ3) is 4.95. The van der Waals surface area contributed by atoms with E-state index in [1.165, 1.54) is 23.5 Å². The molecule has 0 fully saturated rings. The lowest BCUT2D eigenvalue weighted by Gasteiger charge is -2.27. The van der Waals surface area contributed by atoms with Gasteiger partial charge in [0.1, 0.15) is 5.82 Å².